The first kappa shape index (κ1) is 25.5. The van der Waals surface area contributed by atoms with E-state index in [1.807, 2.05) is 0 Å². The number of nitro groups is 1. The molecule has 0 bridgehead atoms. The summed E-state index contributed by atoms with van der Waals surface area (Å²) >= 11 is 12.8. The van der Waals surface area contributed by atoms with Crippen LogP contribution in [0.15, 0.2) is 74.2 Å². The molecule has 36 heavy (non-hydrogen) atoms. The number of halogens is 3. The molecular weight excluding hydrogens is 624 g/mol. The van der Waals surface area contributed by atoms with Gasteiger partial charge in [0.25, 0.3) is 5.69 Å². The van der Waals surface area contributed by atoms with Gasteiger partial charge in [-0.25, -0.2) is 14.6 Å². The van der Waals surface area contributed by atoms with E-state index in [2.05, 4.69) is 36.9 Å². The van der Waals surface area contributed by atoms with Crippen molar-refractivity contribution < 1.29 is 28.7 Å². The second kappa shape index (κ2) is 10.6. The molecule has 0 radical (unpaired) electrons. The molecule has 0 N–H and O–H groups in total. The van der Waals surface area contributed by atoms with Crippen LogP contribution in [0, 0.1) is 10.1 Å². The number of nitrogens with zero attached hydrogens (tertiary/aromatic N) is 2. The van der Waals surface area contributed by atoms with Gasteiger partial charge in [0.1, 0.15) is 5.75 Å². The first-order chi connectivity index (χ1) is 17.2. The van der Waals surface area contributed by atoms with Gasteiger partial charge in [0.2, 0.25) is 5.90 Å². The van der Waals surface area contributed by atoms with Gasteiger partial charge >= 0.3 is 11.9 Å². The van der Waals surface area contributed by atoms with E-state index < -0.39 is 16.9 Å². The number of hydrogen-bond donors (Lipinski definition) is 0. The van der Waals surface area contributed by atoms with E-state index in [4.69, 9.17) is 25.8 Å². The molecule has 3 aromatic rings. The van der Waals surface area contributed by atoms with Crippen LogP contribution in [-0.2, 0) is 9.53 Å². The number of non-ortho nitro benzene ring substituents is 1. The third-order valence-electron chi connectivity index (χ3n) is 4.85. The number of ether oxygens (including phenoxy) is 3. The number of carbonyl (C=O) groups is 2. The summed E-state index contributed by atoms with van der Waals surface area (Å²) < 4.78 is 17.2. The van der Waals surface area contributed by atoms with Crippen LogP contribution in [0.3, 0.4) is 0 Å². The van der Waals surface area contributed by atoms with Crippen LogP contribution in [-0.4, -0.2) is 29.9 Å². The number of nitro benzene ring substituents is 1. The molecule has 4 rings (SSSR count). The van der Waals surface area contributed by atoms with Crippen LogP contribution < -0.4 is 9.47 Å². The van der Waals surface area contributed by atoms with Gasteiger partial charge in [-0.2, -0.15) is 0 Å². The summed E-state index contributed by atoms with van der Waals surface area (Å²) in [7, 11) is 1.46. The van der Waals surface area contributed by atoms with Gasteiger partial charge in [-0.3, -0.25) is 10.1 Å². The van der Waals surface area contributed by atoms with Crippen molar-refractivity contribution in [2.45, 2.75) is 0 Å². The molecule has 0 aromatic heterocycles. The Morgan fingerprint density at radius 1 is 1.14 bits per heavy atom. The van der Waals surface area contributed by atoms with E-state index in [9.17, 15) is 19.7 Å². The zero-order valence-electron chi connectivity index (χ0n) is 18.2. The van der Waals surface area contributed by atoms with Gasteiger partial charge in [0, 0.05) is 27.2 Å². The Labute approximate surface area is 225 Å². The van der Waals surface area contributed by atoms with Crippen molar-refractivity contribution in [3.63, 3.8) is 0 Å². The predicted molar refractivity (Wildman–Crippen MR) is 139 cm³/mol. The van der Waals surface area contributed by atoms with Gasteiger partial charge in [0.05, 0.1) is 27.6 Å². The van der Waals surface area contributed by atoms with Crippen molar-refractivity contribution in [2.24, 2.45) is 4.99 Å². The Bertz CT molecular complexity index is 1470. The number of esters is 2. The van der Waals surface area contributed by atoms with E-state index >= 15 is 0 Å². The highest BCUT2D eigenvalue weighted by Crippen LogP contribution is 2.36. The second-order valence-electron chi connectivity index (χ2n) is 7.18. The Kier molecular flexibility index (Phi) is 7.53. The van der Waals surface area contributed by atoms with Crippen LogP contribution in [0.25, 0.3) is 6.08 Å². The summed E-state index contributed by atoms with van der Waals surface area (Å²) in [4.78, 5) is 39.9. The minimum atomic E-state index is -0.755. The van der Waals surface area contributed by atoms with E-state index in [1.165, 1.54) is 37.5 Å². The average Bonchev–Trinajstić information content (AvgIpc) is 3.21. The number of rotatable bonds is 6. The standard InChI is InChI=1S/C24H13Br2ClN2O7/c1-34-20-7-4-15(27)11-17(20)22-28-19(24(31)36-22)9-13-8-14(25)10-18(26)21(13)35-23(30)12-2-5-16(6-3-12)29(32)33/h2-11H,1H3/b19-9-. The van der Waals surface area contributed by atoms with E-state index in [1.54, 1.807) is 30.3 Å². The summed E-state index contributed by atoms with van der Waals surface area (Å²) in [6, 6.07) is 13.1. The molecule has 0 saturated carbocycles. The molecule has 9 nitrogen and oxygen atoms in total. The van der Waals surface area contributed by atoms with Crippen molar-refractivity contribution in [1.82, 2.24) is 0 Å². The van der Waals surface area contributed by atoms with Gasteiger partial charge < -0.3 is 14.2 Å². The third kappa shape index (κ3) is 5.48. The predicted octanol–water partition coefficient (Wildman–Crippen LogP) is 6.35. The second-order valence-corrected chi connectivity index (χ2v) is 9.39. The van der Waals surface area contributed by atoms with Gasteiger partial charge in [0.15, 0.2) is 11.4 Å². The van der Waals surface area contributed by atoms with Crippen LogP contribution in [0.2, 0.25) is 5.02 Å². The number of methoxy groups -OCH3 is 1. The highest BCUT2D eigenvalue weighted by atomic mass is 79.9. The first-order valence-electron chi connectivity index (χ1n) is 9.98. The number of benzene rings is 3. The van der Waals surface area contributed by atoms with Crippen LogP contribution in [0.5, 0.6) is 11.5 Å². The lowest BCUT2D eigenvalue weighted by molar-refractivity contribution is -0.384. The minimum absolute atomic E-state index is 0.00378. The first-order valence-corrected chi connectivity index (χ1v) is 11.9. The summed E-state index contributed by atoms with van der Waals surface area (Å²) in [6.45, 7) is 0. The van der Waals surface area contributed by atoms with Crippen molar-refractivity contribution >= 4 is 73.1 Å². The van der Waals surface area contributed by atoms with Crippen molar-refractivity contribution in [3.05, 3.63) is 101 Å². The molecule has 0 aliphatic carbocycles. The monoisotopic (exact) mass is 634 g/mol. The van der Waals surface area contributed by atoms with Crippen LogP contribution in [0.1, 0.15) is 21.5 Å². The molecule has 0 fully saturated rings. The normalized spacial score (nSPS) is 13.8. The molecule has 3 aromatic carbocycles. The summed E-state index contributed by atoms with van der Waals surface area (Å²) in [6.07, 6.45) is 1.40. The van der Waals surface area contributed by atoms with Crippen molar-refractivity contribution in [1.29, 1.82) is 0 Å². The van der Waals surface area contributed by atoms with Crippen LogP contribution >= 0.6 is 43.5 Å². The fourth-order valence-corrected chi connectivity index (χ4v) is 4.70. The van der Waals surface area contributed by atoms with Crippen molar-refractivity contribution in [3.8, 4) is 11.5 Å². The Balaban J connectivity index is 1.70. The molecule has 182 valence electrons. The molecule has 1 aliphatic rings. The zero-order chi connectivity index (χ0) is 26.0. The summed E-state index contributed by atoms with van der Waals surface area (Å²) in [5.74, 6) is -0.963. The Morgan fingerprint density at radius 3 is 2.53 bits per heavy atom. The van der Waals surface area contributed by atoms with Gasteiger partial charge in [-0.05, 0) is 64.5 Å². The molecule has 1 heterocycles. The fourth-order valence-electron chi connectivity index (χ4n) is 3.18. The number of hydrogen-bond acceptors (Lipinski definition) is 8. The molecule has 0 spiro atoms. The largest absolute Gasteiger partial charge is 0.496 e. The number of aliphatic imine (C=N–C) groups is 1. The van der Waals surface area contributed by atoms with E-state index in [0.29, 0.717) is 30.8 Å². The van der Waals surface area contributed by atoms with Crippen LogP contribution in [0.4, 0.5) is 5.69 Å². The topological polar surface area (TPSA) is 117 Å². The molecule has 1 aliphatic heterocycles. The van der Waals surface area contributed by atoms with E-state index in [0.717, 1.165) is 0 Å². The molecule has 0 saturated heterocycles. The van der Waals surface area contributed by atoms with Crippen molar-refractivity contribution in [2.75, 3.05) is 7.11 Å². The quantitative estimate of drug-likeness (QED) is 0.102. The van der Waals surface area contributed by atoms with Gasteiger partial charge in [-0.1, -0.05) is 27.5 Å². The SMILES string of the molecule is COc1ccc(Cl)cc1C1=N/C(=C\c2cc(Br)cc(Br)c2OC(=O)c2ccc([N+](=O)[O-])cc2)C(=O)O1. The maximum atomic E-state index is 12.7. The maximum Gasteiger partial charge on any atom is 0.363 e. The molecule has 12 heteroatoms. The Hall–Kier alpha value is -3.54. The molecular formula is C24H13Br2ClN2O7. The Morgan fingerprint density at radius 2 is 1.86 bits per heavy atom. The summed E-state index contributed by atoms with van der Waals surface area (Å²) in [5, 5.41) is 11.3. The lowest BCUT2D eigenvalue weighted by Crippen LogP contribution is -2.10. The highest BCUT2D eigenvalue weighted by molar-refractivity contribution is 9.11. The average molecular weight is 637 g/mol. The van der Waals surface area contributed by atoms with Gasteiger partial charge in [-0.15, -0.1) is 0 Å². The lowest BCUT2D eigenvalue weighted by Gasteiger charge is -2.11. The lowest BCUT2D eigenvalue weighted by atomic mass is 10.1. The third-order valence-corrected chi connectivity index (χ3v) is 6.13. The fraction of sp³-hybridized carbons (Fsp3) is 0.0417. The zero-order valence-corrected chi connectivity index (χ0v) is 22.1. The number of carbonyl (C=O) groups excluding carboxylic acids is 2. The molecule has 0 atom stereocenters. The molecule has 0 amide bonds. The number of cyclic esters (lactones) is 1. The van der Waals surface area contributed by atoms with E-state index in [-0.39, 0.29) is 28.6 Å². The molecule has 0 unspecified atom stereocenters. The maximum absolute atomic E-state index is 12.7. The highest BCUT2D eigenvalue weighted by Gasteiger charge is 2.27. The smallest absolute Gasteiger partial charge is 0.363 e. The minimum Gasteiger partial charge on any atom is -0.496 e. The summed E-state index contributed by atoms with van der Waals surface area (Å²) in [5.41, 5.74) is 0.613.